The number of alkyl carbamates (subject to hydrolysis) is 1. The van der Waals surface area contributed by atoms with Gasteiger partial charge >= 0.3 is 6.09 Å². The molecular weight excluding hydrogens is 418 g/mol. The summed E-state index contributed by atoms with van der Waals surface area (Å²) in [6.45, 7) is 12.8. The van der Waals surface area contributed by atoms with Crippen LogP contribution in [-0.2, 0) is 14.3 Å². The Morgan fingerprint density at radius 1 is 1.12 bits per heavy atom. The molecule has 1 aromatic rings. The SMILES string of the molecule is C#Cc1ccc(C(C(=O)NC(C)CCC)N(C(=O)CNC(=O)OC(C)(C)C)C(C)CC)cc1. The topological polar surface area (TPSA) is 87.7 Å². The lowest BCUT2D eigenvalue weighted by atomic mass is 9.99. The molecule has 2 N–H and O–H groups in total. The lowest BCUT2D eigenvalue weighted by Gasteiger charge is -2.36. The second-order valence-electron chi connectivity index (χ2n) is 9.28. The van der Waals surface area contributed by atoms with Gasteiger partial charge in [-0.15, -0.1) is 6.42 Å². The first-order chi connectivity index (χ1) is 15.4. The van der Waals surface area contributed by atoms with Gasteiger partial charge in [-0.05, 0) is 65.2 Å². The number of rotatable bonds is 10. The Bertz CT molecular complexity index is 837. The van der Waals surface area contributed by atoms with E-state index in [2.05, 4.69) is 23.5 Å². The van der Waals surface area contributed by atoms with E-state index >= 15 is 0 Å². The number of nitrogens with zero attached hydrogens (tertiary/aromatic N) is 1. The van der Waals surface area contributed by atoms with Crippen LogP contribution in [0, 0.1) is 12.3 Å². The molecule has 3 atom stereocenters. The van der Waals surface area contributed by atoms with E-state index in [9.17, 15) is 14.4 Å². The van der Waals surface area contributed by atoms with Crippen LogP contribution in [0.25, 0.3) is 0 Å². The molecule has 7 nitrogen and oxygen atoms in total. The van der Waals surface area contributed by atoms with Crippen molar-refractivity contribution in [3.63, 3.8) is 0 Å². The number of carbonyl (C=O) groups is 3. The van der Waals surface area contributed by atoms with E-state index in [0.717, 1.165) is 12.8 Å². The number of nitrogens with one attached hydrogen (secondary N) is 2. The Kier molecular flexibility index (Phi) is 10.9. The third-order valence-electron chi connectivity index (χ3n) is 5.17. The molecule has 0 saturated heterocycles. The molecule has 0 aliphatic carbocycles. The van der Waals surface area contributed by atoms with Gasteiger partial charge in [0.25, 0.3) is 0 Å². The summed E-state index contributed by atoms with van der Waals surface area (Å²) in [5.74, 6) is 1.92. The van der Waals surface area contributed by atoms with E-state index < -0.39 is 17.7 Å². The summed E-state index contributed by atoms with van der Waals surface area (Å²) in [5, 5.41) is 5.55. The molecule has 0 fully saturated rings. The van der Waals surface area contributed by atoms with Crippen molar-refractivity contribution in [1.29, 1.82) is 0 Å². The normalized spacial score (nSPS) is 13.8. The summed E-state index contributed by atoms with van der Waals surface area (Å²) in [6.07, 6.45) is 7.18. The molecule has 33 heavy (non-hydrogen) atoms. The zero-order chi connectivity index (χ0) is 25.2. The van der Waals surface area contributed by atoms with Crippen molar-refractivity contribution in [1.82, 2.24) is 15.5 Å². The maximum Gasteiger partial charge on any atom is 0.408 e. The number of ether oxygens (including phenoxy) is 1. The minimum Gasteiger partial charge on any atom is -0.444 e. The van der Waals surface area contributed by atoms with Crippen molar-refractivity contribution in [2.45, 2.75) is 91.5 Å². The third kappa shape index (κ3) is 9.17. The van der Waals surface area contributed by atoms with Gasteiger partial charge in [0.1, 0.15) is 18.2 Å². The largest absolute Gasteiger partial charge is 0.444 e. The van der Waals surface area contributed by atoms with Crippen molar-refractivity contribution in [2.75, 3.05) is 6.54 Å². The first-order valence-corrected chi connectivity index (χ1v) is 11.6. The van der Waals surface area contributed by atoms with Crippen molar-refractivity contribution < 1.29 is 19.1 Å². The molecule has 0 spiro atoms. The zero-order valence-electron chi connectivity index (χ0n) is 21.0. The minimum absolute atomic E-state index is 0.0382. The van der Waals surface area contributed by atoms with Gasteiger partial charge in [-0.2, -0.15) is 0 Å². The molecule has 0 bridgehead atoms. The van der Waals surface area contributed by atoms with Crippen molar-refractivity contribution in [3.8, 4) is 12.3 Å². The van der Waals surface area contributed by atoms with Crippen LogP contribution >= 0.6 is 0 Å². The lowest BCUT2D eigenvalue weighted by Crippen LogP contribution is -2.52. The van der Waals surface area contributed by atoms with Crippen molar-refractivity contribution in [2.24, 2.45) is 0 Å². The van der Waals surface area contributed by atoms with Crippen LogP contribution in [0.1, 0.15) is 84.9 Å². The third-order valence-corrected chi connectivity index (χ3v) is 5.17. The van der Waals surface area contributed by atoms with Crippen LogP contribution in [-0.4, -0.2) is 47.0 Å². The van der Waals surface area contributed by atoms with E-state index in [1.165, 1.54) is 4.90 Å². The molecule has 0 aromatic heterocycles. The summed E-state index contributed by atoms with van der Waals surface area (Å²) >= 11 is 0. The number of carbonyl (C=O) groups excluding carboxylic acids is 3. The Hall–Kier alpha value is -3.01. The van der Waals surface area contributed by atoms with E-state index in [1.54, 1.807) is 45.0 Å². The van der Waals surface area contributed by atoms with Gasteiger partial charge in [0, 0.05) is 17.6 Å². The van der Waals surface area contributed by atoms with E-state index in [4.69, 9.17) is 11.2 Å². The maximum atomic E-state index is 13.4. The van der Waals surface area contributed by atoms with Crippen LogP contribution < -0.4 is 10.6 Å². The first kappa shape index (κ1) is 28.0. The van der Waals surface area contributed by atoms with E-state index in [-0.39, 0.29) is 30.4 Å². The van der Waals surface area contributed by atoms with E-state index in [1.807, 2.05) is 20.8 Å². The number of terminal acetylenes is 1. The zero-order valence-corrected chi connectivity index (χ0v) is 21.0. The molecule has 182 valence electrons. The van der Waals surface area contributed by atoms with Crippen LogP contribution in [0.15, 0.2) is 24.3 Å². The minimum atomic E-state index is -0.862. The fraction of sp³-hybridized carbons (Fsp3) is 0.577. The summed E-state index contributed by atoms with van der Waals surface area (Å²) in [6, 6.07) is 5.90. The second-order valence-corrected chi connectivity index (χ2v) is 9.28. The molecule has 1 aromatic carbocycles. The van der Waals surface area contributed by atoms with Gasteiger partial charge in [-0.1, -0.05) is 38.3 Å². The predicted octanol–water partition coefficient (Wildman–Crippen LogP) is 4.17. The Morgan fingerprint density at radius 3 is 2.21 bits per heavy atom. The number of benzene rings is 1. The summed E-state index contributed by atoms with van der Waals surface area (Å²) in [4.78, 5) is 40.4. The first-order valence-electron chi connectivity index (χ1n) is 11.6. The number of amides is 3. The van der Waals surface area contributed by atoms with Crippen LogP contribution in [0.3, 0.4) is 0 Å². The maximum absolute atomic E-state index is 13.4. The van der Waals surface area contributed by atoms with Gasteiger partial charge in [-0.25, -0.2) is 4.79 Å². The molecule has 0 heterocycles. The fourth-order valence-corrected chi connectivity index (χ4v) is 3.42. The second kappa shape index (κ2) is 12.9. The van der Waals surface area contributed by atoms with Crippen molar-refractivity contribution >= 4 is 17.9 Å². The molecule has 0 aliphatic heterocycles. The highest BCUT2D eigenvalue weighted by atomic mass is 16.6. The fourth-order valence-electron chi connectivity index (χ4n) is 3.42. The van der Waals surface area contributed by atoms with Crippen LogP contribution in [0.5, 0.6) is 0 Å². The molecule has 0 radical (unpaired) electrons. The Balaban J connectivity index is 3.27. The molecule has 0 aliphatic rings. The van der Waals surface area contributed by atoms with Gasteiger partial charge in [0.15, 0.2) is 0 Å². The van der Waals surface area contributed by atoms with E-state index in [0.29, 0.717) is 17.5 Å². The molecular formula is C26H39N3O4. The van der Waals surface area contributed by atoms with Gasteiger partial charge < -0.3 is 20.3 Å². The van der Waals surface area contributed by atoms with Gasteiger partial charge in [0.05, 0.1) is 0 Å². The molecule has 1 rings (SSSR count). The van der Waals surface area contributed by atoms with Crippen molar-refractivity contribution in [3.05, 3.63) is 35.4 Å². The summed E-state index contributed by atoms with van der Waals surface area (Å²) < 4.78 is 5.23. The highest BCUT2D eigenvalue weighted by Crippen LogP contribution is 2.26. The number of hydrogen-bond acceptors (Lipinski definition) is 4. The summed E-state index contributed by atoms with van der Waals surface area (Å²) in [7, 11) is 0. The molecule has 0 saturated carbocycles. The lowest BCUT2D eigenvalue weighted by molar-refractivity contribution is -0.143. The quantitative estimate of drug-likeness (QED) is 0.516. The molecule has 3 unspecified atom stereocenters. The average molecular weight is 458 g/mol. The Labute approximate surface area is 198 Å². The molecule has 3 amide bonds. The van der Waals surface area contributed by atoms with Crippen LogP contribution in [0.2, 0.25) is 0 Å². The van der Waals surface area contributed by atoms with Gasteiger partial charge in [-0.3, -0.25) is 9.59 Å². The van der Waals surface area contributed by atoms with Crippen LogP contribution in [0.4, 0.5) is 4.79 Å². The smallest absolute Gasteiger partial charge is 0.408 e. The highest BCUT2D eigenvalue weighted by Gasteiger charge is 2.35. The number of hydrogen-bond donors (Lipinski definition) is 2. The standard InChI is InChI=1S/C26H39N3O4/c1-9-12-18(4)28-24(31)23(21-15-13-20(11-3)14-16-21)29(19(5)10-2)22(30)17-27-25(32)33-26(6,7)8/h3,13-16,18-19,23H,9-10,12,17H2,1-2,4-8H3,(H,27,32)(H,28,31). The van der Waals surface area contributed by atoms with Gasteiger partial charge in [0.2, 0.25) is 11.8 Å². The predicted molar refractivity (Wildman–Crippen MR) is 130 cm³/mol. The monoisotopic (exact) mass is 457 g/mol. The Morgan fingerprint density at radius 2 is 1.73 bits per heavy atom. The highest BCUT2D eigenvalue weighted by molar-refractivity contribution is 5.90. The molecule has 7 heteroatoms. The summed E-state index contributed by atoms with van der Waals surface area (Å²) in [5.41, 5.74) is 0.659. The average Bonchev–Trinajstić information content (AvgIpc) is 2.74.